The monoisotopic (exact) mass is 387 g/mol. The third kappa shape index (κ3) is 5.90. The molecule has 0 saturated heterocycles. The first-order valence-electron chi connectivity index (χ1n) is 9.25. The van der Waals surface area contributed by atoms with E-state index in [0.29, 0.717) is 30.0 Å². The molecule has 0 radical (unpaired) electrons. The van der Waals surface area contributed by atoms with E-state index in [4.69, 9.17) is 21.1 Å². The Hall–Kier alpha value is -2.20. The highest BCUT2D eigenvalue weighted by Gasteiger charge is 2.40. The fourth-order valence-corrected chi connectivity index (χ4v) is 3.24. The lowest BCUT2D eigenvalue weighted by Crippen LogP contribution is -2.33. The van der Waals surface area contributed by atoms with Gasteiger partial charge >= 0.3 is 6.09 Å². The Bertz CT molecular complexity index is 786. The highest BCUT2D eigenvalue weighted by atomic mass is 35.5. The summed E-state index contributed by atoms with van der Waals surface area (Å²) in [7, 11) is 0. The van der Waals surface area contributed by atoms with Gasteiger partial charge in [-0.2, -0.15) is 0 Å². The Morgan fingerprint density at radius 1 is 1.19 bits per heavy atom. The highest BCUT2D eigenvalue weighted by molar-refractivity contribution is 6.30. The SMILES string of the molecule is CC(C)(C)OC(=O)NCC1CC1c1cc(Cl)ccc1OCc1ccccc1. The van der Waals surface area contributed by atoms with Crippen LogP contribution in [-0.2, 0) is 11.3 Å². The smallest absolute Gasteiger partial charge is 0.407 e. The molecule has 3 rings (SSSR count). The van der Waals surface area contributed by atoms with Crippen LogP contribution in [0.25, 0.3) is 0 Å². The van der Waals surface area contributed by atoms with Crippen molar-refractivity contribution < 1.29 is 14.3 Å². The predicted octanol–water partition coefficient (Wildman–Crippen LogP) is 5.55. The van der Waals surface area contributed by atoms with Crippen molar-refractivity contribution in [3.05, 3.63) is 64.7 Å². The fraction of sp³-hybridized carbons (Fsp3) is 0.409. The maximum absolute atomic E-state index is 11.8. The second-order valence-electron chi connectivity index (χ2n) is 7.94. The first-order chi connectivity index (χ1) is 12.8. The largest absolute Gasteiger partial charge is 0.489 e. The molecule has 1 N–H and O–H groups in total. The van der Waals surface area contributed by atoms with E-state index >= 15 is 0 Å². The van der Waals surface area contributed by atoms with E-state index in [1.807, 2.05) is 69.3 Å². The first kappa shape index (κ1) is 19.6. The van der Waals surface area contributed by atoms with Gasteiger partial charge in [0.05, 0.1) is 0 Å². The van der Waals surface area contributed by atoms with Crippen LogP contribution in [0.3, 0.4) is 0 Å². The van der Waals surface area contributed by atoms with E-state index in [2.05, 4.69) is 5.32 Å². The lowest BCUT2D eigenvalue weighted by Gasteiger charge is -2.19. The van der Waals surface area contributed by atoms with Crippen LogP contribution in [0.4, 0.5) is 4.79 Å². The number of carbonyl (C=O) groups excluding carboxylic acids is 1. The molecule has 1 saturated carbocycles. The molecule has 0 heterocycles. The molecule has 27 heavy (non-hydrogen) atoms. The number of benzene rings is 2. The summed E-state index contributed by atoms with van der Waals surface area (Å²) < 4.78 is 11.3. The topological polar surface area (TPSA) is 47.6 Å². The molecule has 0 aromatic heterocycles. The molecule has 1 fully saturated rings. The van der Waals surface area contributed by atoms with Crippen molar-refractivity contribution in [1.29, 1.82) is 0 Å². The molecule has 1 aliphatic carbocycles. The molecule has 1 amide bonds. The molecule has 5 heteroatoms. The summed E-state index contributed by atoms with van der Waals surface area (Å²) >= 11 is 6.21. The molecule has 144 valence electrons. The van der Waals surface area contributed by atoms with Gasteiger partial charge in [0.15, 0.2) is 0 Å². The minimum Gasteiger partial charge on any atom is -0.489 e. The van der Waals surface area contributed by atoms with Crippen molar-refractivity contribution in [3.8, 4) is 5.75 Å². The second-order valence-corrected chi connectivity index (χ2v) is 8.38. The maximum atomic E-state index is 11.8. The maximum Gasteiger partial charge on any atom is 0.407 e. The average molecular weight is 388 g/mol. The second kappa shape index (κ2) is 8.22. The number of alkyl carbamates (subject to hydrolysis) is 1. The van der Waals surface area contributed by atoms with E-state index < -0.39 is 5.60 Å². The lowest BCUT2D eigenvalue weighted by atomic mass is 10.1. The van der Waals surface area contributed by atoms with E-state index in [9.17, 15) is 4.79 Å². The van der Waals surface area contributed by atoms with Gasteiger partial charge in [-0.25, -0.2) is 4.79 Å². The van der Waals surface area contributed by atoms with Crippen LogP contribution in [0.15, 0.2) is 48.5 Å². The van der Waals surface area contributed by atoms with Gasteiger partial charge in [0.25, 0.3) is 0 Å². The van der Waals surface area contributed by atoms with Gasteiger partial charge in [0, 0.05) is 11.6 Å². The van der Waals surface area contributed by atoms with Gasteiger partial charge < -0.3 is 14.8 Å². The Morgan fingerprint density at radius 2 is 1.93 bits per heavy atom. The molecule has 1 aliphatic rings. The number of hydrogen-bond acceptors (Lipinski definition) is 3. The quantitative estimate of drug-likeness (QED) is 0.707. The third-order valence-corrected chi connectivity index (χ3v) is 4.67. The number of ether oxygens (including phenoxy) is 2. The summed E-state index contributed by atoms with van der Waals surface area (Å²) in [4.78, 5) is 11.8. The van der Waals surface area contributed by atoms with Gasteiger partial charge in [-0.1, -0.05) is 41.9 Å². The zero-order valence-corrected chi connectivity index (χ0v) is 16.8. The number of nitrogens with one attached hydrogen (secondary N) is 1. The normalized spacial score (nSPS) is 18.7. The van der Waals surface area contributed by atoms with Crippen molar-refractivity contribution in [1.82, 2.24) is 5.32 Å². The number of hydrogen-bond donors (Lipinski definition) is 1. The molecule has 0 aliphatic heterocycles. The Balaban J connectivity index is 1.58. The van der Waals surface area contributed by atoms with E-state index in [0.717, 1.165) is 23.3 Å². The summed E-state index contributed by atoms with van der Waals surface area (Å²) in [5.74, 6) is 1.56. The van der Waals surface area contributed by atoms with Crippen LogP contribution in [0.5, 0.6) is 5.75 Å². The van der Waals surface area contributed by atoms with Crippen LogP contribution < -0.4 is 10.1 Å². The van der Waals surface area contributed by atoms with Crippen LogP contribution in [-0.4, -0.2) is 18.2 Å². The summed E-state index contributed by atoms with van der Waals surface area (Å²) in [6.07, 6.45) is 0.623. The first-order valence-corrected chi connectivity index (χ1v) is 9.62. The van der Waals surface area contributed by atoms with E-state index in [1.165, 1.54) is 0 Å². The summed E-state index contributed by atoms with van der Waals surface area (Å²) in [6.45, 7) is 6.67. The molecular formula is C22H26ClNO3. The summed E-state index contributed by atoms with van der Waals surface area (Å²) in [5.41, 5.74) is 1.74. The number of rotatable bonds is 6. The minimum absolute atomic E-state index is 0.337. The lowest BCUT2D eigenvalue weighted by molar-refractivity contribution is 0.0525. The van der Waals surface area contributed by atoms with Crippen LogP contribution >= 0.6 is 11.6 Å². The van der Waals surface area contributed by atoms with Crippen molar-refractivity contribution in [2.45, 2.75) is 45.3 Å². The standard InChI is InChI=1S/C22H26ClNO3/c1-22(2,3)27-21(25)24-13-16-11-18(16)19-12-17(23)9-10-20(19)26-14-15-7-5-4-6-8-15/h4-10,12,16,18H,11,13-14H2,1-3H3,(H,24,25). The highest BCUT2D eigenvalue weighted by Crippen LogP contribution is 2.50. The van der Waals surface area contributed by atoms with Crippen LogP contribution in [0, 0.1) is 5.92 Å². The molecule has 2 unspecified atom stereocenters. The van der Waals surface area contributed by atoms with Gasteiger partial charge in [-0.3, -0.25) is 0 Å². The van der Waals surface area contributed by atoms with E-state index in [-0.39, 0.29) is 6.09 Å². The summed E-state index contributed by atoms with van der Waals surface area (Å²) in [6, 6.07) is 15.8. The molecule has 4 nitrogen and oxygen atoms in total. The van der Waals surface area contributed by atoms with E-state index in [1.54, 1.807) is 0 Å². The van der Waals surface area contributed by atoms with Crippen molar-refractivity contribution in [2.75, 3.05) is 6.54 Å². The Kier molecular flexibility index (Phi) is 5.95. The summed E-state index contributed by atoms with van der Waals surface area (Å²) in [5, 5.41) is 3.55. The average Bonchev–Trinajstić information content (AvgIpc) is 3.38. The van der Waals surface area contributed by atoms with Crippen LogP contribution in [0.1, 0.15) is 44.2 Å². The number of carbonyl (C=O) groups is 1. The Labute approximate surface area is 165 Å². The number of amides is 1. The molecular weight excluding hydrogens is 362 g/mol. The molecule has 2 atom stereocenters. The number of halogens is 1. The van der Waals surface area contributed by atoms with Crippen LogP contribution in [0.2, 0.25) is 5.02 Å². The Morgan fingerprint density at radius 3 is 2.63 bits per heavy atom. The van der Waals surface area contributed by atoms with Crippen molar-refractivity contribution in [3.63, 3.8) is 0 Å². The minimum atomic E-state index is -0.488. The molecule has 0 bridgehead atoms. The predicted molar refractivity (Wildman–Crippen MR) is 107 cm³/mol. The van der Waals surface area contributed by atoms with Gasteiger partial charge in [0.1, 0.15) is 18.0 Å². The van der Waals surface area contributed by atoms with Gasteiger partial charge in [-0.05, 0) is 68.4 Å². The fourth-order valence-electron chi connectivity index (χ4n) is 3.06. The van der Waals surface area contributed by atoms with Crippen molar-refractivity contribution in [2.24, 2.45) is 5.92 Å². The molecule has 2 aromatic carbocycles. The zero-order valence-electron chi connectivity index (χ0n) is 16.0. The molecule has 2 aromatic rings. The zero-order chi connectivity index (χ0) is 19.4. The van der Waals surface area contributed by atoms with Gasteiger partial charge in [0.2, 0.25) is 0 Å². The molecule has 0 spiro atoms. The third-order valence-electron chi connectivity index (χ3n) is 4.44. The van der Waals surface area contributed by atoms with Crippen molar-refractivity contribution >= 4 is 17.7 Å². The van der Waals surface area contributed by atoms with Gasteiger partial charge in [-0.15, -0.1) is 0 Å².